The van der Waals surface area contributed by atoms with Crippen LogP contribution in [0, 0.1) is 10.1 Å². The van der Waals surface area contributed by atoms with E-state index >= 15 is 0 Å². The Morgan fingerprint density at radius 3 is 2.33 bits per heavy atom. The fourth-order valence-electron chi connectivity index (χ4n) is 1.29. The molecule has 0 aliphatic heterocycles. The molecule has 1 rings (SSSR count). The van der Waals surface area contributed by atoms with E-state index in [1.54, 1.807) is 0 Å². The molecule has 0 amide bonds. The molecule has 1 aromatic carbocycles. The first-order chi connectivity index (χ1) is 8.29. The molecule has 0 fully saturated rings. The van der Waals surface area contributed by atoms with Gasteiger partial charge in [-0.05, 0) is 17.7 Å². The van der Waals surface area contributed by atoms with Crippen molar-refractivity contribution in [2.45, 2.75) is 12.3 Å². The van der Waals surface area contributed by atoms with Gasteiger partial charge in [0.2, 0.25) is 0 Å². The Morgan fingerprint density at radius 2 is 1.89 bits per heavy atom. The SMILES string of the molecule is O=[N+]([O-])c1ccc(C(O)CNCC(F)(F)F)cc1. The molecule has 0 aliphatic rings. The van der Waals surface area contributed by atoms with Crippen molar-refractivity contribution < 1.29 is 23.2 Å². The van der Waals surface area contributed by atoms with Gasteiger partial charge in [-0.3, -0.25) is 10.1 Å². The Morgan fingerprint density at radius 1 is 1.33 bits per heavy atom. The fourth-order valence-corrected chi connectivity index (χ4v) is 1.29. The number of nitro benzene ring substituents is 1. The maximum atomic E-state index is 11.8. The summed E-state index contributed by atoms with van der Waals surface area (Å²) in [6.45, 7) is -1.48. The van der Waals surface area contributed by atoms with Gasteiger partial charge < -0.3 is 10.4 Å². The lowest BCUT2D eigenvalue weighted by Crippen LogP contribution is -2.31. The minimum absolute atomic E-state index is 0.144. The molecule has 0 saturated carbocycles. The number of alkyl halides is 3. The number of nitrogens with zero attached hydrogens (tertiary/aromatic N) is 1. The Balaban J connectivity index is 2.51. The van der Waals surface area contributed by atoms with Crippen molar-refractivity contribution in [2.24, 2.45) is 0 Å². The largest absolute Gasteiger partial charge is 0.401 e. The third kappa shape index (κ3) is 4.68. The topological polar surface area (TPSA) is 75.4 Å². The van der Waals surface area contributed by atoms with Crippen LogP contribution in [0.1, 0.15) is 11.7 Å². The molecule has 5 nitrogen and oxygen atoms in total. The zero-order valence-electron chi connectivity index (χ0n) is 9.15. The van der Waals surface area contributed by atoms with E-state index in [9.17, 15) is 28.4 Å². The summed E-state index contributed by atoms with van der Waals surface area (Å²) < 4.78 is 35.5. The molecule has 18 heavy (non-hydrogen) atoms. The zero-order valence-corrected chi connectivity index (χ0v) is 9.15. The third-order valence-electron chi connectivity index (χ3n) is 2.15. The Kier molecular flexibility index (Phi) is 4.62. The van der Waals surface area contributed by atoms with E-state index in [0.29, 0.717) is 5.56 Å². The normalized spacial score (nSPS) is 13.3. The second kappa shape index (κ2) is 5.78. The Labute approximate surface area is 100 Å². The van der Waals surface area contributed by atoms with Gasteiger partial charge in [0.25, 0.3) is 5.69 Å². The maximum Gasteiger partial charge on any atom is 0.401 e. The number of hydrogen-bond donors (Lipinski definition) is 2. The highest BCUT2D eigenvalue weighted by Gasteiger charge is 2.26. The van der Waals surface area contributed by atoms with Crippen molar-refractivity contribution in [3.05, 3.63) is 39.9 Å². The first-order valence-corrected chi connectivity index (χ1v) is 4.99. The Hall–Kier alpha value is -1.67. The number of aliphatic hydroxyl groups excluding tert-OH is 1. The minimum atomic E-state index is -4.34. The van der Waals surface area contributed by atoms with E-state index in [2.05, 4.69) is 5.32 Å². The summed E-state index contributed by atoms with van der Waals surface area (Å²) >= 11 is 0. The number of rotatable bonds is 5. The molecule has 0 heterocycles. The monoisotopic (exact) mass is 264 g/mol. The lowest BCUT2D eigenvalue weighted by atomic mass is 10.1. The lowest BCUT2D eigenvalue weighted by Gasteiger charge is -2.13. The number of benzene rings is 1. The highest BCUT2D eigenvalue weighted by atomic mass is 19.4. The summed E-state index contributed by atoms with van der Waals surface area (Å²) in [5.41, 5.74) is 0.171. The first kappa shape index (κ1) is 14.4. The Bertz CT molecular complexity index is 406. The first-order valence-electron chi connectivity index (χ1n) is 4.99. The molecule has 0 saturated heterocycles. The van der Waals surface area contributed by atoms with Gasteiger partial charge in [-0.2, -0.15) is 13.2 Å². The van der Waals surface area contributed by atoms with Crippen LogP contribution < -0.4 is 5.32 Å². The molecule has 1 unspecified atom stereocenters. The number of nitro groups is 1. The van der Waals surface area contributed by atoms with Crippen molar-refractivity contribution >= 4 is 5.69 Å². The number of non-ortho nitro benzene ring substituents is 1. The van der Waals surface area contributed by atoms with Gasteiger partial charge in [-0.15, -0.1) is 0 Å². The fraction of sp³-hybridized carbons (Fsp3) is 0.400. The summed E-state index contributed by atoms with van der Waals surface area (Å²) in [5.74, 6) is 0. The highest BCUT2D eigenvalue weighted by molar-refractivity contribution is 5.33. The van der Waals surface area contributed by atoms with E-state index in [4.69, 9.17) is 0 Å². The molecule has 0 radical (unpaired) electrons. The summed E-state index contributed by atoms with van der Waals surface area (Å²) in [6, 6.07) is 4.97. The van der Waals surface area contributed by atoms with Crippen LogP contribution in [0.5, 0.6) is 0 Å². The molecule has 8 heteroatoms. The second-order valence-electron chi connectivity index (χ2n) is 3.61. The van der Waals surface area contributed by atoms with Crippen LogP contribution in [0.3, 0.4) is 0 Å². The minimum Gasteiger partial charge on any atom is -0.387 e. The lowest BCUT2D eigenvalue weighted by molar-refractivity contribution is -0.384. The van der Waals surface area contributed by atoms with Gasteiger partial charge in [0.1, 0.15) is 0 Å². The van der Waals surface area contributed by atoms with Crippen molar-refractivity contribution in [1.29, 1.82) is 0 Å². The van der Waals surface area contributed by atoms with Gasteiger partial charge in [-0.25, -0.2) is 0 Å². The summed E-state index contributed by atoms with van der Waals surface area (Å²) in [7, 11) is 0. The molecule has 0 aromatic heterocycles. The van der Waals surface area contributed by atoms with Crippen LogP contribution in [0.2, 0.25) is 0 Å². The quantitative estimate of drug-likeness (QED) is 0.628. The van der Waals surface area contributed by atoms with E-state index in [1.165, 1.54) is 24.3 Å². The summed E-state index contributed by atoms with van der Waals surface area (Å²) in [5, 5.41) is 22.0. The smallest absolute Gasteiger partial charge is 0.387 e. The van der Waals surface area contributed by atoms with E-state index in [0.717, 1.165) is 0 Å². The van der Waals surface area contributed by atoms with Gasteiger partial charge in [0.15, 0.2) is 0 Å². The molecule has 0 aliphatic carbocycles. The van der Waals surface area contributed by atoms with Crippen molar-refractivity contribution in [1.82, 2.24) is 5.32 Å². The molecule has 0 spiro atoms. The predicted molar refractivity (Wildman–Crippen MR) is 57.0 cm³/mol. The molecule has 2 N–H and O–H groups in total. The van der Waals surface area contributed by atoms with E-state index in [1.807, 2.05) is 0 Å². The van der Waals surface area contributed by atoms with Crippen LogP contribution in [0.25, 0.3) is 0 Å². The van der Waals surface area contributed by atoms with Crippen LogP contribution >= 0.6 is 0 Å². The van der Waals surface area contributed by atoms with Crippen molar-refractivity contribution in [3.8, 4) is 0 Å². The maximum absolute atomic E-state index is 11.8. The average molecular weight is 264 g/mol. The molecular formula is C10H11F3N2O3. The van der Waals surface area contributed by atoms with Gasteiger partial charge in [-0.1, -0.05) is 0 Å². The van der Waals surface area contributed by atoms with Crippen LogP contribution in [0.15, 0.2) is 24.3 Å². The van der Waals surface area contributed by atoms with Crippen molar-refractivity contribution in [3.63, 3.8) is 0 Å². The average Bonchev–Trinajstić information content (AvgIpc) is 2.27. The number of aliphatic hydroxyl groups is 1. The van der Waals surface area contributed by atoms with Crippen LogP contribution in [0.4, 0.5) is 18.9 Å². The summed E-state index contributed by atoms with van der Waals surface area (Å²) in [6.07, 6.45) is -5.48. The third-order valence-corrected chi connectivity index (χ3v) is 2.15. The van der Waals surface area contributed by atoms with Crippen LogP contribution in [-0.4, -0.2) is 29.3 Å². The number of nitrogens with one attached hydrogen (secondary N) is 1. The second-order valence-corrected chi connectivity index (χ2v) is 3.61. The number of hydrogen-bond acceptors (Lipinski definition) is 4. The predicted octanol–water partition coefficient (Wildman–Crippen LogP) is 1.78. The molecule has 100 valence electrons. The molecule has 1 atom stereocenters. The van der Waals surface area contributed by atoms with Crippen LogP contribution in [-0.2, 0) is 0 Å². The standard InChI is InChI=1S/C10H11F3N2O3/c11-10(12,13)6-14-5-9(16)7-1-3-8(4-2-7)15(17)18/h1-4,9,14,16H,5-6H2. The van der Waals surface area contributed by atoms with Gasteiger partial charge >= 0.3 is 6.18 Å². The van der Waals surface area contributed by atoms with E-state index < -0.39 is 23.7 Å². The van der Waals surface area contributed by atoms with Gasteiger partial charge in [0, 0.05) is 18.7 Å². The zero-order chi connectivity index (χ0) is 13.8. The molecule has 0 bridgehead atoms. The van der Waals surface area contributed by atoms with E-state index in [-0.39, 0.29) is 12.2 Å². The molecular weight excluding hydrogens is 253 g/mol. The molecule has 1 aromatic rings. The summed E-state index contributed by atoms with van der Waals surface area (Å²) in [4.78, 5) is 9.77. The number of halogens is 3. The van der Waals surface area contributed by atoms with Crippen molar-refractivity contribution in [2.75, 3.05) is 13.1 Å². The van der Waals surface area contributed by atoms with Gasteiger partial charge in [0.05, 0.1) is 17.6 Å². The highest BCUT2D eigenvalue weighted by Crippen LogP contribution is 2.18.